The molecule has 4 heteroatoms. The molecule has 0 aromatic heterocycles. The molecule has 0 unspecified atom stereocenters. The molecule has 0 aliphatic rings. The molecule has 0 bridgehead atoms. The van der Waals surface area contributed by atoms with Crippen molar-refractivity contribution in [1.82, 2.24) is 0 Å². The molecule has 0 aliphatic carbocycles. The smallest absolute Gasteiger partial charge is 0.282 e. The zero-order valence-corrected chi connectivity index (χ0v) is 21.6. The predicted octanol–water partition coefficient (Wildman–Crippen LogP) is 9.30. The van der Waals surface area contributed by atoms with E-state index in [0.29, 0.717) is 0 Å². The molecule has 0 saturated heterocycles. The van der Waals surface area contributed by atoms with Gasteiger partial charge in [0.2, 0.25) is 0 Å². The van der Waals surface area contributed by atoms with Crippen LogP contribution in [-0.4, -0.2) is 13.0 Å². The maximum Gasteiger partial charge on any atom is 0.294 e. The van der Waals surface area contributed by atoms with E-state index in [2.05, 4.69) is 6.92 Å². The number of benzene rings is 1. The van der Waals surface area contributed by atoms with Gasteiger partial charge < -0.3 is 0 Å². The lowest BCUT2D eigenvalue weighted by Gasteiger charge is -2.07. The van der Waals surface area contributed by atoms with Gasteiger partial charge in [-0.05, 0) is 24.5 Å². The number of aryl methyl sites for hydroxylation is 1. The highest BCUT2D eigenvalue weighted by Gasteiger charge is 2.13. The third-order valence-electron chi connectivity index (χ3n) is 6.55. The van der Waals surface area contributed by atoms with E-state index in [9.17, 15) is 13.0 Å². The van der Waals surface area contributed by atoms with Crippen molar-refractivity contribution in [3.63, 3.8) is 0 Å². The normalized spacial score (nSPS) is 11.8. The van der Waals surface area contributed by atoms with Gasteiger partial charge >= 0.3 is 0 Å². The molecular formula is C28H50O3S. The van der Waals surface area contributed by atoms with E-state index in [1.54, 1.807) is 12.1 Å². The van der Waals surface area contributed by atoms with Gasteiger partial charge in [-0.3, -0.25) is 4.55 Å². The van der Waals surface area contributed by atoms with Gasteiger partial charge in [-0.25, -0.2) is 0 Å². The van der Waals surface area contributed by atoms with Crippen molar-refractivity contribution < 1.29 is 13.0 Å². The highest BCUT2D eigenvalue weighted by molar-refractivity contribution is 7.85. The van der Waals surface area contributed by atoms with Gasteiger partial charge in [0, 0.05) is 0 Å². The van der Waals surface area contributed by atoms with Crippen LogP contribution >= 0.6 is 0 Å². The summed E-state index contributed by atoms with van der Waals surface area (Å²) in [5, 5.41) is 0. The Bertz CT molecular complexity index is 654. The van der Waals surface area contributed by atoms with E-state index in [1.165, 1.54) is 122 Å². The molecule has 1 aromatic carbocycles. The average molecular weight is 467 g/mol. The summed E-state index contributed by atoms with van der Waals surface area (Å²) >= 11 is 0. The van der Waals surface area contributed by atoms with Gasteiger partial charge in [0.05, 0.1) is 4.90 Å². The lowest BCUT2D eigenvalue weighted by molar-refractivity contribution is 0.481. The van der Waals surface area contributed by atoms with Crippen molar-refractivity contribution in [3.8, 4) is 0 Å². The van der Waals surface area contributed by atoms with Crippen LogP contribution in [0.3, 0.4) is 0 Å². The number of hydrogen-bond acceptors (Lipinski definition) is 2. The van der Waals surface area contributed by atoms with Crippen molar-refractivity contribution in [2.45, 2.75) is 147 Å². The minimum absolute atomic E-state index is 0.0674. The van der Waals surface area contributed by atoms with Crippen LogP contribution < -0.4 is 0 Å². The Morgan fingerprint density at radius 3 is 1.28 bits per heavy atom. The number of rotatable bonds is 22. The van der Waals surface area contributed by atoms with E-state index in [4.69, 9.17) is 0 Å². The molecule has 0 saturated carbocycles. The summed E-state index contributed by atoms with van der Waals surface area (Å²) < 4.78 is 32.1. The highest BCUT2D eigenvalue weighted by Crippen LogP contribution is 2.19. The van der Waals surface area contributed by atoms with Crippen LogP contribution in [0.4, 0.5) is 0 Å². The molecular weight excluding hydrogens is 416 g/mol. The van der Waals surface area contributed by atoms with E-state index in [1.807, 2.05) is 6.07 Å². The van der Waals surface area contributed by atoms with Gasteiger partial charge in [-0.2, -0.15) is 8.42 Å². The molecule has 0 amide bonds. The second kappa shape index (κ2) is 19.6. The fraction of sp³-hybridized carbons (Fsp3) is 0.786. The molecule has 32 heavy (non-hydrogen) atoms. The van der Waals surface area contributed by atoms with Crippen LogP contribution in [0.2, 0.25) is 0 Å². The molecule has 0 spiro atoms. The first-order chi connectivity index (χ1) is 15.6. The minimum Gasteiger partial charge on any atom is -0.282 e. The Labute approximate surface area is 199 Å². The fourth-order valence-corrected chi connectivity index (χ4v) is 5.28. The maximum absolute atomic E-state index is 11.4. The topological polar surface area (TPSA) is 54.4 Å². The van der Waals surface area contributed by atoms with Crippen LogP contribution in [0.15, 0.2) is 29.2 Å². The second-order valence-corrected chi connectivity index (χ2v) is 10.9. The van der Waals surface area contributed by atoms with Gasteiger partial charge in [0.15, 0.2) is 0 Å². The van der Waals surface area contributed by atoms with E-state index in [0.717, 1.165) is 24.8 Å². The summed E-state index contributed by atoms with van der Waals surface area (Å²) in [6.45, 7) is 2.28. The van der Waals surface area contributed by atoms with Crippen molar-refractivity contribution >= 4 is 10.1 Å². The number of unbranched alkanes of at least 4 members (excludes halogenated alkanes) is 19. The van der Waals surface area contributed by atoms with Crippen LogP contribution in [0.5, 0.6) is 0 Å². The van der Waals surface area contributed by atoms with Crippen LogP contribution in [0, 0.1) is 0 Å². The summed E-state index contributed by atoms with van der Waals surface area (Å²) in [4.78, 5) is 0.0674. The third-order valence-corrected chi connectivity index (χ3v) is 7.50. The molecule has 3 nitrogen and oxygen atoms in total. The summed E-state index contributed by atoms with van der Waals surface area (Å²) in [6.07, 6.45) is 27.8. The summed E-state index contributed by atoms with van der Waals surface area (Å²) in [6, 6.07) is 6.78. The molecule has 0 heterocycles. The molecule has 1 N–H and O–H groups in total. The quantitative estimate of drug-likeness (QED) is 0.137. The molecule has 1 rings (SSSR count). The lowest BCUT2D eigenvalue weighted by Crippen LogP contribution is -2.03. The summed E-state index contributed by atoms with van der Waals surface area (Å²) in [5.41, 5.74) is 0.734. The van der Waals surface area contributed by atoms with Gasteiger partial charge in [-0.15, -0.1) is 0 Å². The van der Waals surface area contributed by atoms with Gasteiger partial charge in [0.25, 0.3) is 10.1 Å². The first kappa shape index (κ1) is 29.2. The number of hydrogen-bond donors (Lipinski definition) is 1. The molecule has 0 fully saturated rings. The third kappa shape index (κ3) is 15.9. The van der Waals surface area contributed by atoms with E-state index in [-0.39, 0.29) is 4.90 Å². The predicted molar refractivity (Wildman–Crippen MR) is 138 cm³/mol. The molecule has 0 aliphatic heterocycles. The van der Waals surface area contributed by atoms with E-state index < -0.39 is 10.1 Å². The Balaban J connectivity index is 1.83. The van der Waals surface area contributed by atoms with Crippen LogP contribution in [0.1, 0.15) is 141 Å². The van der Waals surface area contributed by atoms with E-state index >= 15 is 0 Å². The second-order valence-electron chi connectivity index (χ2n) is 9.55. The standard InChI is InChI=1S/C28H50O3S/c1-2-3-4-5-6-7-8-9-10-11-12-13-14-15-16-17-18-19-20-21-24-27-25-22-23-26-28(27)32(29,30)31/h22-23,25-26H,2-21,24H2,1H3,(H,29,30,31). The zero-order chi connectivity index (χ0) is 23.3. The Kier molecular flexibility index (Phi) is 17.8. The molecule has 0 radical (unpaired) electrons. The average Bonchev–Trinajstić information content (AvgIpc) is 2.77. The Morgan fingerprint density at radius 2 is 0.906 bits per heavy atom. The maximum atomic E-state index is 11.4. The van der Waals surface area contributed by atoms with Gasteiger partial charge in [0.1, 0.15) is 0 Å². The van der Waals surface area contributed by atoms with Crippen molar-refractivity contribution in [2.24, 2.45) is 0 Å². The minimum atomic E-state index is -4.11. The fourth-order valence-electron chi connectivity index (χ4n) is 4.53. The van der Waals surface area contributed by atoms with Crippen LogP contribution in [-0.2, 0) is 16.5 Å². The SMILES string of the molecule is CCCCCCCCCCCCCCCCCCCCCCc1ccccc1S(=O)(=O)O. The lowest BCUT2D eigenvalue weighted by atomic mass is 10.0. The van der Waals surface area contributed by atoms with Crippen LogP contribution in [0.25, 0.3) is 0 Å². The molecule has 0 atom stereocenters. The molecule has 186 valence electrons. The highest BCUT2D eigenvalue weighted by atomic mass is 32.2. The molecule has 1 aromatic rings. The monoisotopic (exact) mass is 466 g/mol. The Hall–Kier alpha value is -0.870. The summed E-state index contributed by atoms with van der Waals surface area (Å²) in [5.74, 6) is 0. The first-order valence-corrected chi connectivity index (χ1v) is 15.0. The largest absolute Gasteiger partial charge is 0.294 e. The zero-order valence-electron chi connectivity index (χ0n) is 20.8. The van der Waals surface area contributed by atoms with Crippen molar-refractivity contribution in [3.05, 3.63) is 29.8 Å². The van der Waals surface area contributed by atoms with Gasteiger partial charge in [-0.1, -0.05) is 147 Å². The van der Waals surface area contributed by atoms with Crippen molar-refractivity contribution in [2.75, 3.05) is 0 Å². The Morgan fingerprint density at radius 1 is 0.562 bits per heavy atom. The summed E-state index contributed by atoms with van der Waals surface area (Å²) in [7, 11) is -4.11. The van der Waals surface area contributed by atoms with Crippen molar-refractivity contribution in [1.29, 1.82) is 0 Å². The first-order valence-electron chi connectivity index (χ1n) is 13.6.